The molecule has 3 rings (SSSR count). The van der Waals surface area contributed by atoms with Crippen molar-refractivity contribution in [2.24, 2.45) is 4.99 Å². The maximum atomic E-state index is 13.1. The van der Waals surface area contributed by atoms with Gasteiger partial charge in [-0.05, 0) is 30.2 Å². The van der Waals surface area contributed by atoms with E-state index in [2.05, 4.69) is 39.5 Å². The van der Waals surface area contributed by atoms with Crippen LogP contribution in [0.5, 0.6) is 0 Å². The normalized spacial score (nSPS) is 14.8. The molecule has 2 N–H and O–H groups in total. The smallest absolute Gasteiger partial charge is 0.224 e. The summed E-state index contributed by atoms with van der Waals surface area (Å²) in [6.45, 7) is 7.89. The number of benzene rings is 1. The predicted molar refractivity (Wildman–Crippen MR) is 119 cm³/mol. The number of halogens is 1. The lowest BCUT2D eigenvalue weighted by atomic mass is 10.1. The van der Waals surface area contributed by atoms with E-state index in [-0.39, 0.29) is 11.7 Å². The molecule has 168 valence electrons. The second-order valence-electron chi connectivity index (χ2n) is 7.82. The van der Waals surface area contributed by atoms with Crippen LogP contribution in [0.1, 0.15) is 37.6 Å². The van der Waals surface area contributed by atoms with Crippen LogP contribution < -0.4 is 15.5 Å². The molecule has 0 spiro atoms. The van der Waals surface area contributed by atoms with Crippen molar-refractivity contribution in [1.82, 2.24) is 20.7 Å². The minimum absolute atomic E-state index is 0.110. The van der Waals surface area contributed by atoms with Crippen molar-refractivity contribution in [1.29, 1.82) is 0 Å². The van der Waals surface area contributed by atoms with Crippen LogP contribution in [0.25, 0.3) is 0 Å². The SMILES string of the molecule is CN=C(NCCC(=O)N1CCN(c2ccc(F)cc2)CC1)NCc1cc(C(C)C)no1. The number of nitrogens with one attached hydrogen (secondary N) is 2. The Labute approximate surface area is 182 Å². The number of aromatic nitrogens is 1. The number of hydrogen-bond acceptors (Lipinski definition) is 5. The van der Waals surface area contributed by atoms with Crippen molar-refractivity contribution >= 4 is 17.6 Å². The monoisotopic (exact) mass is 430 g/mol. The average Bonchev–Trinajstić information content (AvgIpc) is 3.26. The van der Waals surface area contributed by atoms with Crippen LogP contribution >= 0.6 is 0 Å². The number of carbonyl (C=O) groups excluding carboxylic acids is 1. The summed E-state index contributed by atoms with van der Waals surface area (Å²) in [6.07, 6.45) is 0.386. The van der Waals surface area contributed by atoms with E-state index < -0.39 is 0 Å². The Morgan fingerprint density at radius 3 is 2.52 bits per heavy atom. The minimum atomic E-state index is -0.240. The van der Waals surface area contributed by atoms with Crippen molar-refractivity contribution in [2.45, 2.75) is 32.7 Å². The molecule has 1 saturated heterocycles. The molecule has 0 atom stereocenters. The van der Waals surface area contributed by atoms with Gasteiger partial charge in [-0.1, -0.05) is 19.0 Å². The van der Waals surface area contributed by atoms with Crippen LogP contribution in [0, 0.1) is 5.82 Å². The van der Waals surface area contributed by atoms with Gasteiger partial charge in [0.1, 0.15) is 5.82 Å². The largest absolute Gasteiger partial charge is 0.368 e. The summed E-state index contributed by atoms with van der Waals surface area (Å²) in [7, 11) is 1.69. The van der Waals surface area contributed by atoms with Crippen LogP contribution in [-0.2, 0) is 11.3 Å². The van der Waals surface area contributed by atoms with Crippen LogP contribution in [0.3, 0.4) is 0 Å². The van der Waals surface area contributed by atoms with Crippen molar-refractivity contribution in [2.75, 3.05) is 44.7 Å². The molecule has 0 aliphatic carbocycles. The lowest BCUT2D eigenvalue weighted by molar-refractivity contribution is -0.131. The molecule has 1 aliphatic rings. The van der Waals surface area contributed by atoms with E-state index in [1.807, 2.05) is 11.0 Å². The fraction of sp³-hybridized carbons (Fsp3) is 0.500. The first-order valence-corrected chi connectivity index (χ1v) is 10.6. The number of piperazine rings is 1. The Hall–Kier alpha value is -3.10. The maximum absolute atomic E-state index is 13.1. The number of aliphatic imine (C=N–C) groups is 1. The van der Waals surface area contributed by atoms with Gasteiger partial charge in [0.2, 0.25) is 5.91 Å². The van der Waals surface area contributed by atoms with Gasteiger partial charge in [0.05, 0.1) is 12.2 Å². The summed E-state index contributed by atoms with van der Waals surface area (Å²) in [5.41, 5.74) is 1.90. The molecule has 31 heavy (non-hydrogen) atoms. The summed E-state index contributed by atoms with van der Waals surface area (Å²) in [4.78, 5) is 20.8. The van der Waals surface area contributed by atoms with Gasteiger partial charge in [0.15, 0.2) is 11.7 Å². The molecule has 9 heteroatoms. The standard InChI is InChI=1S/C22H31FN6O2/c1-16(2)20-14-19(31-27-20)15-26-22(24-3)25-9-8-21(30)29-12-10-28(11-13-29)18-6-4-17(23)5-7-18/h4-7,14,16H,8-13,15H2,1-3H3,(H2,24,25,26). The lowest BCUT2D eigenvalue weighted by Crippen LogP contribution is -2.49. The van der Waals surface area contributed by atoms with E-state index in [4.69, 9.17) is 4.52 Å². The Morgan fingerprint density at radius 1 is 1.19 bits per heavy atom. The van der Waals surface area contributed by atoms with Crippen LogP contribution in [0.15, 0.2) is 39.8 Å². The first-order valence-electron chi connectivity index (χ1n) is 10.6. The number of carbonyl (C=O) groups is 1. The fourth-order valence-corrected chi connectivity index (χ4v) is 3.39. The number of guanidine groups is 1. The van der Waals surface area contributed by atoms with E-state index in [0.717, 1.165) is 30.2 Å². The van der Waals surface area contributed by atoms with E-state index in [9.17, 15) is 9.18 Å². The molecule has 1 aromatic carbocycles. The van der Waals surface area contributed by atoms with Crippen molar-refractivity contribution < 1.29 is 13.7 Å². The summed E-state index contributed by atoms with van der Waals surface area (Å²) in [5.74, 6) is 1.53. The quantitative estimate of drug-likeness (QED) is 0.518. The van der Waals surface area contributed by atoms with Crippen LogP contribution in [0.2, 0.25) is 0 Å². The summed E-state index contributed by atoms with van der Waals surface area (Å²) in [5, 5.41) is 10.4. The fourth-order valence-electron chi connectivity index (χ4n) is 3.39. The molecule has 0 unspecified atom stereocenters. The van der Waals surface area contributed by atoms with Gasteiger partial charge in [0, 0.05) is 57.9 Å². The third-order valence-electron chi connectivity index (χ3n) is 5.28. The van der Waals surface area contributed by atoms with Gasteiger partial charge in [-0.3, -0.25) is 9.79 Å². The van der Waals surface area contributed by atoms with Gasteiger partial charge in [-0.2, -0.15) is 0 Å². The number of anilines is 1. The topological polar surface area (TPSA) is 86.0 Å². The van der Waals surface area contributed by atoms with Crippen molar-refractivity contribution in [3.8, 4) is 0 Å². The third kappa shape index (κ3) is 6.44. The third-order valence-corrected chi connectivity index (χ3v) is 5.28. The number of amides is 1. The summed E-state index contributed by atoms with van der Waals surface area (Å²) < 4.78 is 18.4. The zero-order valence-electron chi connectivity index (χ0n) is 18.4. The summed E-state index contributed by atoms with van der Waals surface area (Å²) in [6, 6.07) is 8.41. The first-order chi connectivity index (χ1) is 15.0. The molecule has 1 amide bonds. The molecule has 0 radical (unpaired) electrons. The molecule has 8 nitrogen and oxygen atoms in total. The zero-order valence-corrected chi connectivity index (χ0v) is 18.4. The number of rotatable bonds is 7. The Balaban J connectivity index is 1.36. The second kappa shape index (κ2) is 10.8. The minimum Gasteiger partial charge on any atom is -0.368 e. The summed E-state index contributed by atoms with van der Waals surface area (Å²) >= 11 is 0. The maximum Gasteiger partial charge on any atom is 0.224 e. The van der Waals surface area contributed by atoms with Gasteiger partial charge in [-0.25, -0.2) is 4.39 Å². The van der Waals surface area contributed by atoms with Gasteiger partial charge >= 0.3 is 0 Å². The number of hydrogen-bond donors (Lipinski definition) is 2. The molecule has 1 fully saturated rings. The van der Waals surface area contributed by atoms with E-state index >= 15 is 0 Å². The van der Waals surface area contributed by atoms with Crippen molar-refractivity contribution in [3.63, 3.8) is 0 Å². The van der Waals surface area contributed by atoms with E-state index in [1.165, 1.54) is 12.1 Å². The second-order valence-corrected chi connectivity index (χ2v) is 7.82. The average molecular weight is 431 g/mol. The number of nitrogens with zero attached hydrogens (tertiary/aromatic N) is 4. The lowest BCUT2D eigenvalue weighted by Gasteiger charge is -2.36. The Bertz CT molecular complexity index is 872. The first kappa shape index (κ1) is 22.6. The molecular formula is C22H31FN6O2. The molecule has 2 aromatic rings. The highest BCUT2D eigenvalue weighted by Crippen LogP contribution is 2.17. The van der Waals surface area contributed by atoms with Gasteiger partial charge < -0.3 is 25.0 Å². The van der Waals surface area contributed by atoms with E-state index in [1.54, 1.807) is 19.2 Å². The molecule has 0 bridgehead atoms. The highest BCUT2D eigenvalue weighted by atomic mass is 19.1. The molecule has 0 saturated carbocycles. The predicted octanol–water partition coefficient (Wildman–Crippen LogP) is 2.34. The molecule has 1 aliphatic heterocycles. The molecule has 1 aromatic heterocycles. The molecular weight excluding hydrogens is 399 g/mol. The van der Waals surface area contributed by atoms with E-state index in [0.29, 0.717) is 44.5 Å². The zero-order chi connectivity index (χ0) is 22.2. The van der Waals surface area contributed by atoms with Crippen molar-refractivity contribution in [3.05, 3.63) is 47.6 Å². The molecule has 2 heterocycles. The Kier molecular flexibility index (Phi) is 7.86. The van der Waals surface area contributed by atoms with Gasteiger partial charge in [0.25, 0.3) is 0 Å². The highest BCUT2D eigenvalue weighted by molar-refractivity contribution is 5.81. The van der Waals surface area contributed by atoms with Gasteiger partial charge in [-0.15, -0.1) is 0 Å². The van der Waals surface area contributed by atoms with Crippen LogP contribution in [-0.4, -0.2) is 61.7 Å². The van der Waals surface area contributed by atoms with Crippen LogP contribution in [0.4, 0.5) is 10.1 Å². The Morgan fingerprint density at radius 2 is 1.90 bits per heavy atom. The highest BCUT2D eigenvalue weighted by Gasteiger charge is 2.21.